The van der Waals surface area contributed by atoms with Crippen LogP contribution >= 0.6 is 0 Å². The summed E-state index contributed by atoms with van der Waals surface area (Å²) in [6, 6.07) is 6.97. The zero-order valence-electron chi connectivity index (χ0n) is 13.4. The number of aryl methyl sites for hydroxylation is 1. The van der Waals surface area contributed by atoms with Crippen molar-refractivity contribution in [1.82, 2.24) is 10.2 Å². The lowest BCUT2D eigenvalue weighted by Crippen LogP contribution is -2.52. The zero-order valence-corrected chi connectivity index (χ0v) is 13.4. The molecule has 1 aliphatic heterocycles. The van der Waals surface area contributed by atoms with Gasteiger partial charge in [-0.3, -0.25) is 9.59 Å². The van der Waals surface area contributed by atoms with Gasteiger partial charge in [-0.2, -0.15) is 5.26 Å². The predicted molar refractivity (Wildman–Crippen MR) is 84.7 cm³/mol. The molecule has 1 aromatic rings. The van der Waals surface area contributed by atoms with E-state index in [1.165, 1.54) is 7.05 Å². The Morgan fingerprint density at radius 3 is 2.83 bits per heavy atom. The predicted octanol–water partition coefficient (Wildman–Crippen LogP) is 0.970. The van der Waals surface area contributed by atoms with Crippen molar-refractivity contribution in [3.8, 4) is 6.07 Å². The number of amides is 2. The van der Waals surface area contributed by atoms with Crippen molar-refractivity contribution in [2.24, 2.45) is 0 Å². The molecule has 2 N–H and O–H groups in total. The average molecular weight is 315 g/mol. The van der Waals surface area contributed by atoms with E-state index >= 15 is 0 Å². The SMILES string of the molecule is CNC(=O)CC1(O)CCCN(C(=O)c2ccc(C#N)cc2C)C1. The van der Waals surface area contributed by atoms with E-state index in [0.717, 1.165) is 5.56 Å². The third-order valence-corrected chi connectivity index (χ3v) is 4.20. The number of β-amino-alcohol motifs (C(OH)–C–C–N with tert-alkyl or cyclic N) is 1. The van der Waals surface area contributed by atoms with Crippen molar-refractivity contribution in [3.05, 3.63) is 34.9 Å². The fraction of sp³-hybridized carbons (Fsp3) is 0.471. The van der Waals surface area contributed by atoms with E-state index in [1.807, 2.05) is 6.07 Å². The number of piperidine rings is 1. The molecule has 23 heavy (non-hydrogen) atoms. The van der Waals surface area contributed by atoms with Crippen LogP contribution in [0.3, 0.4) is 0 Å². The van der Waals surface area contributed by atoms with Crippen LogP contribution in [0.25, 0.3) is 0 Å². The Bertz CT molecular complexity index is 666. The first-order chi connectivity index (χ1) is 10.9. The monoisotopic (exact) mass is 315 g/mol. The van der Waals surface area contributed by atoms with E-state index in [0.29, 0.717) is 30.5 Å². The first-order valence-corrected chi connectivity index (χ1v) is 7.61. The number of carbonyl (C=O) groups excluding carboxylic acids is 2. The molecular formula is C17H21N3O3. The highest BCUT2D eigenvalue weighted by Crippen LogP contribution is 2.26. The lowest BCUT2D eigenvalue weighted by atomic mass is 9.88. The van der Waals surface area contributed by atoms with Crippen molar-refractivity contribution < 1.29 is 14.7 Å². The van der Waals surface area contributed by atoms with Gasteiger partial charge >= 0.3 is 0 Å². The Hall–Kier alpha value is -2.39. The number of nitrogens with zero attached hydrogens (tertiary/aromatic N) is 2. The van der Waals surface area contributed by atoms with Crippen molar-refractivity contribution in [3.63, 3.8) is 0 Å². The van der Waals surface area contributed by atoms with E-state index in [4.69, 9.17) is 5.26 Å². The summed E-state index contributed by atoms with van der Waals surface area (Å²) in [7, 11) is 1.53. The Morgan fingerprint density at radius 1 is 1.48 bits per heavy atom. The van der Waals surface area contributed by atoms with Crippen molar-refractivity contribution in [1.29, 1.82) is 5.26 Å². The smallest absolute Gasteiger partial charge is 0.254 e. The summed E-state index contributed by atoms with van der Waals surface area (Å²) >= 11 is 0. The number of hydrogen-bond donors (Lipinski definition) is 2. The van der Waals surface area contributed by atoms with E-state index in [2.05, 4.69) is 5.32 Å². The highest BCUT2D eigenvalue weighted by molar-refractivity contribution is 5.96. The van der Waals surface area contributed by atoms with Gasteiger partial charge in [0.25, 0.3) is 5.91 Å². The van der Waals surface area contributed by atoms with E-state index < -0.39 is 5.60 Å². The maximum Gasteiger partial charge on any atom is 0.254 e. The maximum absolute atomic E-state index is 12.7. The molecule has 0 bridgehead atoms. The average Bonchev–Trinajstić information content (AvgIpc) is 2.53. The van der Waals surface area contributed by atoms with E-state index in [9.17, 15) is 14.7 Å². The molecule has 1 unspecified atom stereocenters. The first kappa shape index (κ1) is 17.0. The van der Waals surface area contributed by atoms with Gasteiger partial charge in [0.1, 0.15) is 0 Å². The molecule has 1 aromatic carbocycles. The topological polar surface area (TPSA) is 93.4 Å². The molecule has 1 aliphatic rings. The zero-order chi connectivity index (χ0) is 17.0. The van der Waals surface area contributed by atoms with Crippen LogP contribution in [0, 0.1) is 18.3 Å². The molecule has 0 radical (unpaired) electrons. The summed E-state index contributed by atoms with van der Waals surface area (Å²) in [6.45, 7) is 2.47. The highest BCUT2D eigenvalue weighted by Gasteiger charge is 2.37. The number of likely N-dealkylation sites (tertiary alicyclic amines) is 1. The van der Waals surface area contributed by atoms with E-state index in [-0.39, 0.29) is 24.8 Å². The highest BCUT2D eigenvalue weighted by atomic mass is 16.3. The molecule has 0 spiro atoms. The molecule has 1 atom stereocenters. The molecule has 1 heterocycles. The molecule has 6 heteroatoms. The molecule has 0 aromatic heterocycles. The Morgan fingerprint density at radius 2 is 2.22 bits per heavy atom. The van der Waals surface area contributed by atoms with Gasteiger partial charge in [0.15, 0.2) is 0 Å². The third-order valence-electron chi connectivity index (χ3n) is 4.20. The standard InChI is InChI=1S/C17H21N3O3/c1-12-8-13(10-18)4-5-14(12)16(22)20-7-3-6-17(23,11-20)9-15(21)19-2/h4-5,8,23H,3,6-7,9,11H2,1-2H3,(H,19,21). The number of carbonyl (C=O) groups is 2. The Balaban J connectivity index is 2.16. The maximum atomic E-state index is 12.7. The molecule has 122 valence electrons. The van der Waals surface area contributed by atoms with Gasteiger partial charge in [-0.1, -0.05) is 0 Å². The van der Waals surface area contributed by atoms with Crippen molar-refractivity contribution >= 4 is 11.8 Å². The Kier molecular flexibility index (Phi) is 5.02. The minimum Gasteiger partial charge on any atom is -0.388 e. The summed E-state index contributed by atoms with van der Waals surface area (Å²) in [4.78, 5) is 25.8. The van der Waals surface area contributed by atoms with E-state index in [1.54, 1.807) is 30.0 Å². The number of aliphatic hydroxyl groups is 1. The number of hydrogen-bond acceptors (Lipinski definition) is 4. The molecule has 1 fully saturated rings. The first-order valence-electron chi connectivity index (χ1n) is 7.61. The van der Waals surface area contributed by atoms with Crippen molar-refractivity contribution in [2.75, 3.05) is 20.1 Å². The van der Waals surface area contributed by atoms with Gasteiger partial charge in [-0.25, -0.2) is 0 Å². The van der Waals surface area contributed by atoms with Crippen LogP contribution in [-0.2, 0) is 4.79 Å². The fourth-order valence-electron chi connectivity index (χ4n) is 2.96. The van der Waals surface area contributed by atoms with Crippen LogP contribution in [0.2, 0.25) is 0 Å². The van der Waals surface area contributed by atoms with Gasteiger partial charge < -0.3 is 15.3 Å². The normalized spacial score (nSPS) is 20.7. The van der Waals surface area contributed by atoms with Gasteiger partial charge in [0, 0.05) is 19.2 Å². The molecular weight excluding hydrogens is 294 g/mol. The molecule has 0 saturated carbocycles. The molecule has 2 rings (SSSR count). The molecule has 1 saturated heterocycles. The number of nitriles is 1. The summed E-state index contributed by atoms with van der Waals surface area (Å²) in [5, 5.41) is 22.0. The second kappa shape index (κ2) is 6.80. The largest absolute Gasteiger partial charge is 0.388 e. The number of benzene rings is 1. The lowest BCUT2D eigenvalue weighted by Gasteiger charge is -2.39. The van der Waals surface area contributed by atoms with Crippen molar-refractivity contribution in [2.45, 2.75) is 31.8 Å². The number of nitrogens with one attached hydrogen (secondary N) is 1. The van der Waals surface area contributed by atoms with Crippen LogP contribution in [0.15, 0.2) is 18.2 Å². The van der Waals surface area contributed by atoms with Crippen LogP contribution in [0.5, 0.6) is 0 Å². The second-order valence-electron chi connectivity index (χ2n) is 6.05. The second-order valence-corrected chi connectivity index (χ2v) is 6.05. The van der Waals surface area contributed by atoms with Crippen LogP contribution in [-0.4, -0.2) is 47.6 Å². The summed E-state index contributed by atoms with van der Waals surface area (Å²) < 4.78 is 0. The van der Waals surface area contributed by atoms with Crippen LogP contribution < -0.4 is 5.32 Å². The van der Waals surface area contributed by atoms with Gasteiger partial charge in [-0.05, 0) is 43.5 Å². The minimum atomic E-state index is -1.19. The minimum absolute atomic E-state index is 0.0143. The summed E-state index contributed by atoms with van der Waals surface area (Å²) in [6.07, 6.45) is 1.13. The lowest BCUT2D eigenvalue weighted by molar-refractivity contribution is -0.127. The quantitative estimate of drug-likeness (QED) is 0.869. The van der Waals surface area contributed by atoms with Gasteiger partial charge in [-0.15, -0.1) is 0 Å². The summed E-state index contributed by atoms with van der Waals surface area (Å²) in [5.41, 5.74) is 0.575. The third kappa shape index (κ3) is 3.88. The number of rotatable bonds is 3. The molecule has 6 nitrogen and oxygen atoms in total. The summed E-state index contributed by atoms with van der Waals surface area (Å²) in [5.74, 6) is -0.418. The van der Waals surface area contributed by atoms with Gasteiger partial charge in [0.2, 0.25) is 5.91 Å². The molecule has 0 aliphatic carbocycles. The molecule has 2 amide bonds. The Labute approximate surface area is 135 Å². The van der Waals surface area contributed by atoms with Crippen LogP contribution in [0.1, 0.15) is 40.7 Å². The van der Waals surface area contributed by atoms with Crippen LogP contribution in [0.4, 0.5) is 0 Å². The fourth-order valence-corrected chi connectivity index (χ4v) is 2.96. The van der Waals surface area contributed by atoms with Gasteiger partial charge in [0.05, 0.1) is 30.2 Å².